The Balaban J connectivity index is 1.33. The van der Waals surface area contributed by atoms with E-state index in [0.29, 0.717) is 34.3 Å². The Morgan fingerprint density at radius 1 is 1.22 bits per heavy atom. The highest BCUT2D eigenvalue weighted by molar-refractivity contribution is 6.02. The number of H-pyrrole nitrogens is 2. The van der Waals surface area contributed by atoms with Crippen LogP contribution in [0.2, 0.25) is 0 Å². The number of nitrogens with one attached hydrogen (secondary N) is 4. The third-order valence-electron chi connectivity index (χ3n) is 5.45. The van der Waals surface area contributed by atoms with Crippen molar-refractivity contribution in [3.05, 3.63) is 41.4 Å². The van der Waals surface area contributed by atoms with E-state index in [1.807, 2.05) is 6.07 Å². The number of nitrogens with zero attached hydrogens (tertiary/aromatic N) is 4. The Morgan fingerprint density at radius 3 is 2.84 bits per heavy atom. The molecule has 0 unspecified atom stereocenters. The molecular weight excluding hydrogens is 412 g/mol. The number of fused-ring (bicyclic) bond motifs is 1. The third kappa shape index (κ3) is 4.07. The topological polar surface area (TPSA) is 137 Å². The quantitative estimate of drug-likeness (QED) is 0.377. The summed E-state index contributed by atoms with van der Waals surface area (Å²) in [6.45, 7) is 7.78. The minimum absolute atomic E-state index is 0.425. The van der Waals surface area contributed by atoms with Gasteiger partial charge in [-0.3, -0.25) is 10.00 Å². The van der Waals surface area contributed by atoms with Gasteiger partial charge in [0.15, 0.2) is 11.6 Å². The maximum absolute atomic E-state index is 12.5. The molecule has 1 saturated heterocycles. The fourth-order valence-corrected chi connectivity index (χ4v) is 3.78. The highest BCUT2D eigenvalue weighted by atomic mass is 16.5. The van der Waals surface area contributed by atoms with Crippen LogP contribution in [0.15, 0.2) is 28.9 Å². The van der Waals surface area contributed by atoms with Gasteiger partial charge < -0.3 is 24.9 Å². The van der Waals surface area contributed by atoms with Gasteiger partial charge in [-0.05, 0) is 31.5 Å². The summed E-state index contributed by atoms with van der Waals surface area (Å²) in [5, 5.41) is 16.4. The van der Waals surface area contributed by atoms with Crippen molar-refractivity contribution in [3.8, 4) is 11.5 Å². The minimum Gasteiger partial charge on any atom is -0.379 e. The molecule has 32 heavy (non-hydrogen) atoms. The summed E-state index contributed by atoms with van der Waals surface area (Å²) < 4.78 is 10.5. The molecular formula is C21H24N8O3. The average Bonchev–Trinajstić information content (AvgIpc) is 3.49. The molecule has 0 atom stereocenters. The van der Waals surface area contributed by atoms with E-state index in [1.165, 1.54) is 5.56 Å². The van der Waals surface area contributed by atoms with Crippen LogP contribution in [-0.2, 0) is 11.3 Å². The molecule has 5 rings (SSSR count). The molecule has 4 heterocycles. The van der Waals surface area contributed by atoms with E-state index in [1.54, 1.807) is 20.0 Å². The number of ether oxygens (including phenoxy) is 1. The number of carbonyl (C=O) groups is 1. The third-order valence-corrected chi connectivity index (χ3v) is 5.45. The molecule has 1 fully saturated rings. The van der Waals surface area contributed by atoms with Crippen molar-refractivity contribution >= 4 is 28.4 Å². The highest BCUT2D eigenvalue weighted by Gasteiger charge is 2.17. The van der Waals surface area contributed by atoms with E-state index < -0.39 is 6.03 Å². The number of aromatic nitrogens is 5. The van der Waals surface area contributed by atoms with Crippen molar-refractivity contribution in [2.24, 2.45) is 0 Å². The summed E-state index contributed by atoms with van der Waals surface area (Å²) >= 11 is 0. The number of urea groups is 1. The second kappa shape index (κ2) is 8.44. The summed E-state index contributed by atoms with van der Waals surface area (Å²) in [5.41, 5.74) is 5.21. The molecule has 1 aliphatic rings. The number of amides is 2. The number of aryl methyl sites for hydroxylation is 2. The number of benzene rings is 1. The Kier molecular flexibility index (Phi) is 5.33. The van der Waals surface area contributed by atoms with Gasteiger partial charge in [-0.1, -0.05) is 11.2 Å². The zero-order valence-electron chi connectivity index (χ0n) is 17.9. The summed E-state index contributed by atoms with van der Waals surface area (Å²) in [4.78, 5) is 22.9. The van der Waals surface area contributed by atoms with Gasteiger partial charge in [0.2, 0.25) is 0 Å². The number of aromatic amines is 2. The van der Waals surface area contributed by atoms with E-state index in [4.69, 9.17) is 9.26 Å². The number of rotatable bonds is 5. The van der Waals surface area contributed by atoms with Crippen molar-refractivity contribution in [1.82, 2.24) is 30.2 Å². The number of morpholine rings is 1. The van der Waals surface area contributed by atoms with E-state index in [0.717, 1.165) is 43.9 Å². The molecule has 0 spiro atoms. The number of imidazole rings is 1. The standard InChI is InChI=1S/C21H24N8O3/c1-12-18(13(2)32-28-12)26-21(30)25-17-10-22-27-19(17)20-23-15-4-3-14(9-16(15)24-20)11-29-5-7-31-8-6-29/h3-4,9-10H,5-8,11H2,1-2H3,(H,22,27)(H,23,24)(H2,25,26,30). The number of hydrogen-bond donors (Lipinski definition) is 4. The summed E-state index contributed by atoms with van der Waals surface area (Å²) in [6.07, 6.45) is 1.54. The fraction of sp³-hybridized carbons (Fsp3) is 0.333. The first kappa shape index (κ1) is 20.2. The average molecular weight is 436 g/mol. The van der Waals surface area contributed by atoms with Crippen LogP contribution in [-0.4, -0.2) is 62.6 Å². The van der Waals surface area contributed by atoms with Crippen LogP contribution in [0.3, 0.4) is 0 Å². The highest BCUT2D eigenvalue weighted by Crippen LogP contribution is 2.27. The molecule has 1 aromatic carbocycles. The van der Waals surface area contributed by atoms with Crippen LogP contribution < -0.4 is 10.6 Å². The molecule has 1 aliphatic heterocycles. The molecule has 0 saturated carbocycles. The molecule has 166 valence electrons. The molecule has 0 radical (unpaired) electrons. The Morgan fingerprint density at radius 2 is 2.06 bits per heavy atom. The zero-order chi connectivity index (χ0) is 22.1. The second-order valence-electron chi connectivity index (χ2n) is 7.76. The van der Waals surface area contributed by atoms with Crippen LogP contribution >= 0.6 is 0 Å². The predicted octanol–water partition coefficient (Wildman–Crippen LogP) is 3.03. The van der Waals surface area contributed by atoms with E-state index in [9.17, 15) is 4.79 Å². The first-order valence-corrected chi connectivity index (χ1v) is 10.4. The first-order chi connectivity index (χ1) is 15.6. The maximum Gasteiger partial charge on any atom is 0.323 e. The SMILES string of the molecule is Cc1noc(C)c1NC(=O)Nc1cn[nH]c1-c1nc2ccc(CN3CCOCC3)cc2[nH]1. The monoisotopic (exact) mass is 436 g/mol. The van der Waals surface area contributed by atoms with Gasteiger partial charge in [-0.2, -0.15) is 5.10 Å². The summed E-state index contributed by atoms with van der Waals surface area (Å²) in [6, 6.07) is 5.77. The van der Waals surface area contributed by atoms with Crippen molar-refractivity contribution in [2.45, 2.75) is 20.4 Å². The van der Waals surface area contributed by atoms with Gasteiger partial charge >= 0.3 is 6.03 Å². The summed E-state index contributed by atoms with van der Waals surface area (Å²) in [5.74, 6) is 1.13. The predicted molar refractivity (Wildman–Crippen MR) is 118 cm³/mol. The maximum atomic E-state index is 12.5. The zero-order valence-corrected chi connectivity index (χ0v) is 17.9. The Labute approximate surface area is 183 Å². The van der Waals surface area contributed by atoms with Crippen LogP contribution in [0.1, 0.15) is 17.0 Å². The first-order valence-electron chi connectivity index (χ1n) is 10.4. The lowest BCUT2D eigenvalue weighted by Gasteiger charge is -2.26. The fourth-order valence-electron chi connectivity index (χ4n) is 3.78. The Bertz CT molecular complexity index is 1230. The van der Waals surface area contributed by atoms with Gasteiger partial charge in [0.05, 0.1) is 36.1 Å². The normalized spacial score (nSPS) is 14.7. The van der Waals surface area contributed by atoms with Crippen molar-refractivity contribution < 1.29 is 14.1 Å². The molecule has 2 amide bonds. The largest absolute Gasteiger partial charge is 0.379 e. The van der Waals surface area contributed by atoms with Crippen LogP contribution in [0.5, 0.6) is 0 Å². The van der Waals surface area contributed by atoms with Gasteiger partial charge in [-0.15, -0.1) is 0 Å². The number of hydrogen-bond acceptors (Lipinski definition) is 7. The molecule has 0 aliphatic carbocycles. The number of anilines is 2. The summed E-state index contributed by atoms with van der Waals surface area (Å²) in [7, 11) is 0. The van der Waals surface area contributed by atoms with Gasteiger partial charge in [0.25, 0.3) is 0 Å². The Hall–Kier alpha value is -3.70. The van der Waals surface area contributed by atoms with Crippen LogP contribution in [0, 0.1) is 13.8 Å². The van der Waals surface area contributed by atoms with Gasteiger partial charge in [0, 0.05) is 19.6 Å². The molecule has 3 aromatic heterocycles. The lowest BCUT2D eigenvalue weighted by Crippen LogP contribution is -2.35. The van der Waals surface area contributed by atoms with E-state index in [2.05, 4.69) is 53.0 Å². The minimum atomic E-state index is -0.425. The molecule has 4 N–H and O–H groups in total. The lowest BCUT2D eigenvalue weighted by atomic mass is 10.2. The van der Waals surface area contributed by atoms with Gasteiger partial charge in [-0.25, -0.2) is 9.78 Å². The smallest absolute Gasteiger partial charge is 0.323 e. The van der Waals surface area contributed by atoms with Crippen LogP contribution in [0.25, 0.3) is 22.6 Å². The lowest BCUT2D eigenvalue weighted by molar-refractivity contribution is 0.0342. The molecule has 0 bridgehead atoms. The molecule has 4 aromatic rings. The van der Waals surface area contributed by atoms with E-state index >= 15 is 0 Å². The van der Waals surface area contributed by atoms with Crippen LogP contribution in [0.4, 0.5) is 16.2 Å². The number of carbonyl (C=O) groups excluding carboxylic acids is 1. The molecule has 11 nitrogen and oxygen atoms in total. The van der Waals surface area contributed by atoms with Crippen molar-refractivity contribution in [2.75, 3.05) is 36.9 Å². The second-order valence-corrected chi connectivity index (χ2v) is 7.76. The van der Waals surface area contributed by atoms with Crippen molar-refractivity contribution in [3.63, 3.8) is 0 Å². The van der Waals surface area contributed by atoms with E-state index in [-0.39, 0.29) is 0 Å². The van der Waals surface area contributed by atoms with Crippen molar-refractivity contribution in [1.29, 1.82) is 0 Å². The van der Waals surface area contributed by atoms with Gasteiger partial charge in [0.1, 0.15) is 17.1 Å². The molecule has 11 heteroatoms.